The highest BCUT2D eigenvalue weighted by Crippen LogP contribution is 2.20. The zero-order chi connectivity index (χ0) is 18.9. The molecule has 1 aliphatic rings. The van der Waals surface area contributed by atoms with E-state index < -0.39 is 42.3 Å². The van der Waals surface area contributed by atoms with Crippen LogP contribution < -0.4 is 10.9 Å². The van der Waals surface area contributed by atoms with Crippen molar-refractivity contribution in [2.24, 2.45) is 0 Å². The first kappa shape index (κ1) is 17.5. The van der Waals surface area contributed by atoms with Gasteiger partial charge in [-0.1, -0.05) is 24.3 Å². The standard InChI is InChI=1S/C16H17N5O5/c1-3-16(2)14(24)20(15(25)17-16)8-12(22)26-9-21-13(23)10-6-4-5-7-11(10)18-19-21/h4-7H,3,8-9H2,1-2H3,(H,17,25)/t16-/m1/s1. The molecule has 0 radical (unpaired) electrons. The maximum atomic E-state index is 12.3. The smallest absolute Gasteiger partial charge is 0.328 e. The topological polar surface area (TPSA) is 123 Å². The molecule has 2 heterocycles. The molecule has 0 unspecified atom stereocenters. The van der Waals surface area contributed by atoms with E-state index in [1.165, 1.54) is 0 Å². The van der Waals surface area contributed by atoms with E-state index in [9.17, 15) is 19.2 Å². The largest absolute Gasteiger partial charge is 0.441 e. The van der Waals surface area contributed by atoms with Crippen LogP contribution in [0, 0.1) is 0 Å². The number of esters is 1. The maximum Gasteiger partial charge on any atom is 0.328 e. The van der Waals surface area contributed by atoms with Crippen LogP contribution in [0.1, 0.15) is 20.3 Å². The first-order chi connectivity index (χ1) is 12.4. The molecular weight excluding hydrogens is 342 g/mol. The Bertz CT molecular complexity index is 955. The van der Waals surface area contributed by atoms with Crippen LogP contribution in [0.25, 0.3) is 10.9 Å². The zero-order valence-electron chi connectivity index (χ0n) is 14.3. The number of amides is 3. The Hall–Kier alpha value is -3.30. The van der Waals surface area contributed by atoms with Gasteiger partial charge in [0.05, 0.1) is 5.39 Å². The molecule has 10 nitrogen and oxygen atoms in total. The molecule has 1 aromatic heterocycles. The van der Waals surface area contributed by atoms with Crippen LogP contribution in [-0.4, -0.2) is 49.9 Å². The van der Waals surface area contributed by atoms with Crippen molar-refractivity contribution in [2.45, 2.75) is 32.5 Å². The number of nitrogens with zero attached hydrogens (tertiary/aromatic N) is 4. The molecule has 0 spiro atoms. The van der Waals surface area contributed by atoms with Gasteiger partial charge in [0, 0.05) is 0 Å². The molecule has 1 aromatic carbocycles. The third-order valence-electron chi connectivity index (χ3n) is 4.32. The van der Waals surface area contributed by atoms with E-state index in [4.69, 9.17) is 4.74 Å². The third kappa shape index (κ3) is 3.01. The molecule has 1 saturated heterocycles. The summed E-state index contributed by atoms with van der Waals surface area (Å²) in [5.41, 5.74) is -1.06. The van der Waals surface area contributed by atoms with Gasteiger partial charge in [0.15, 0.2) is 6.73 Å². The molecule has 0 bridgehead atoms. The minimum atomic E-state index is -1.03. The molecule has 0 saturated carbocycles. The van der Waals surface area contributed by atoms with Crippen molar-refractivity contribution in [1.29, 1.82) is 0 Å². The van der Waals surface area contributed by atoms with Crippen molar-refractivity contribution in [3.05, 3.63) is 34.6 Å². The van der Waals surface area contributed by atoms with Crippen LogP contribution in [0.2, 0.25) is 0 Å². The zero-order valence-corrected chi connectivity index (χ0v) is 14.3. The number of ether oxygens (including phenoxy) is 1. The van der Waals surface area contributed by atoms with Crippen LogP contribution in [0.4, 0.5) is 4.79 Å². The summed E-state index contributed by atoms with van der Waals surface area (Å²) in [6.07, 6.45) is 0.394. The van der Waals surface area contributed by atoms with E-state index in [0.29, 0.717) is 17.3 Å². The van der Waals surface area contributed by atoms with Gasteiger partial charge >= 0.3 is 12.0 Å². The summed E-state index contributed by atoms with van der Waals surface area (Å²) in [6, 6.07) is 5.98. The number of urea groups is 1. The average Bonchev–Trinajstić information content (AvgIpc) is 2.85. The molecule has 10 heteroatoms. The number of nitrogens with one attached hydrogen (secondary N) is 1. The number of imide groups is 1. The molecule has 26 heavy (non-hydrogen) atoms. The summed E-state index contributed by atoms with van der Waals surface area (Å²) < 4.78 is 5.86. The van der Waals surface area contributed by atoms with Gasteiger partial charge in [-0.15, -0.1) is 5.10 Å². The van der Waals surface area contributed by atoms with Gasteiger partial charge in [0.2, 0.25) is 0 Å². The Morgan fingerprint density at radius 3 is 2.69 bits per heavy atom. The Balaban J connectivity index is 1.67. The second kappa shape index (κ2) is 6.54. The van der Waals surface area contributed by atoms with E-state index in [0.717, 1.165) is 9.58 Å². The molecule has 3 rings (SSSR count). The predicted octanol–water partition coefficient (Wildman–Crippen LogP) is 0.0127. The van der Waals surface area contributed by atoms with Crippen LogP contribution in [0.3, 0.4) is 0 Å². The van der Waals surface area contributed by atoms with Crippen molar-refractivity contribution >= 4 is 28.8 Å². The lowest BCUT2D eigenvalue weighted by Gasteiger charge is -2.18. The second-order valence-corrected chi connectivity index (χ2v) is 6.06. The summed E-state index contributed by atoms with van der Waals surface area (Å²) in [5.74, 6) is -1.33. The number of hydrogen-bond donors (Lipinski definition) is 1. The summed E-state index contributed by atoms with van der Waals surface area (Å²) in [5, 5.41) is 10.4. The lowest BCUT2D eigenvalue weighted by Crippen LogP contribution is -2.43. The van der Waals surface area contributed by atoms with Gasteiger partial charge in [-0.05, 0) is 25.5 Å². The van der Waals surface area contributed by atoms with E-state index in [-0.39, 0.29) is 0 Å². The minimum Gasteiger partial charge on any atom is -0.441 e. The fourth-order valence-electron chi connectivity index (χ4n) is 2.55. The Morgan fingerprint density at radius 2 is 2.00 bits per heavy atom. The minimum absolute atomic E-state index is 0.339. The van der Waals surface area contributed by atoms with E-state index in [1.54, 1.807) is 38.1 Å². The van der Waals surface area contributed by atoms with Gasteiger partial charge in [0.1, 0.15) is 17.6 Å². The highest BCUT2D eigenvalue weighted by Gasteiger charge is 2.47. The number of hydrogen-bond acceptors (Lipinski definition) is 7. The van der Waals surface area contributed by atoms with E-state index >= 15 is 0 Å². The molecule has 1 aliphatic heterocycles. The summed E-state index contributed by atoms with van der Waals surface area (Å²) in [4.78, 5) is 49.1. The van der Waals surface area contributed by atoms with E-state index in [1.807, 2.05) is 0 Å². The molecule has 1 N–H and O–H groups in total. The Kier molecular flexibility index (Phi) is 4.41. The second-order valence-electron chi connectivity index (χ2n) is 6.06. The van der Waals surface area contributed by atoms with Crippen LogP contribution in [0.15, 0.2) is 29.1 Å². The van der Waals surface area contributed by atoms with Gasteiger partial charge in [0.25, 0.3) is 11.5 Å². The Morgan fingerprint density at radius 1 is 1.27 bits per heavy atom. The van der Waals surface area contributed by atoms with Crippen molar-refractivity contribution in [3.63, 3.8) is 0 Å². The predicted molar refractivity (Wildman–Crippen MR) is 88.8 cm³/mol. The molecule has 0 aliphatic carbocycles. The van der Waals surface area contributed by atoms with Crippen molar-refractivity contribution in [3.8, 4) is 0 Å². The van der Waals surface area contributed by atoms with Crippen molar-refractivity contribution in [1.82, 2.24) is 25.2 Å². The number of carbonyl (C=O) groups is 3. The summed E-state index contributed by atoms with van der Waals surface area (Å²) in [6.45, 7) is 2.33. The highest BCUT2D eigenvalue weighted by atomic mass is 16.5. The number of benzene rings is 1. The fraction of sp³-hybridized carbons (Fsp3) is 0.375. The third-order valence-corrected chi connectivity index (χ3v) is 4.32. The number of rotatable bonds is 5. The maximum absolute atomic E-state index is 12.3. The first-order valence-corrected chi connectivity index (χ1v) is 7.98. The van der Waals surface area contributed by atoms with Gasteiger partial charge in [-0.2, -0.15) is 4.68 Å². The van der Waals surface area contributed by atoms with Gasteiger partial charge < -0.3 is 10.1 Å². The van der Waals surface area contributed by atoms with Crippen molar-refractivity contribution in [2.75, 3.05) is 6.54 Å². The molecule has 2 aromatic rings. The van der Waals surface area contributed by atoms with Crippen LogP contribution in [-0.2, 0) is 21.1 Å². The van der Waals surface area contributed by atoms with Gasteiger partial charge in [-0.25, -0.2) is 4.79 Å². The van der Waals surface area contributed by atoms with E-state index in [2.05, 4.69) is 15.6 Å². The van der Waals surface area contributed by atoms with Crippen LogP contribution >= 0.6 is 0 Å². The number of aromatic nitrogens is 3. The quantitative estimate of drug-likeness (QED) is 0.589. The molecule has 1 fully saturated rings. The average molecular weight is 359 g/mol. The first-order valence-electron chi connectivity index (χ1n) is 7.98. The summed E-state index contributed by atoms with van der Waals surface area (Å²) in [7, 11) is 0. The van der Waals surface area contributed by atoms with Crippen molar-refractivity contribution < 1.29 is 19.1 Å². The molecule has 136 valence electrons. The lowest BCUT2D eigenvalue weighted by atomic mass is 9.99. The molecule has 1 atom stereocenters. The fourth-order valence-corrected chi connectivity index (χ4v) is 2.55. The lowest BCUT2D eigenvalue weighted by molar-refractivity contribution is -0.151. The Labute approximate surface area is 147 Å². The molecular formula is C16H17N5O5. The SMILES string of the molecule is CC[C@@]1(C)NC(=O)N(CC(=O)OCn2nnc3ccccc3c2=O)C1=O. The number of fused-ring (bicyclic) bond motifs is 1. The van der Waals surface area contributed by atoms with Crippen LogP contribution in [0.5, 0.6) is 0 Å². The normalized spacial score (nSPS) is 19.7. The molecule has 3 amide bonds. The summed E-state index contributed by atoms with van der Waals surface area (Å²) >= 11 is 0. The van der Waals surface area contributed by atoms with Gasteiger partial charge in [-0.3, -0.25) is 19.3 Å². The highest BCUT2D eigenvalue weighted by molar-refractivity contribution is 6.08. The monoisotopic (exact) mass is 359 g/mol. The number of carbonyl (C=O) groups excluding carboxylic acids is 3.